The molecular formula is C23H21FN2O2S. The van der Waals surface area contributed by atoms with Crippen molar-refractivity contribution in [2.75, 3.05) is 7.11 Å². The number of nitrogens with zero attached hydrogens (tertiary/aromatic N) is 2. The molecule has 1 fully saturated rings. The normalized spacial score (nSPS) is 13.6. The Labute approximate surface area is 173 Å². The third kappa shape index (κ3) is 4.90. The molecule has 0 spiro atoms. The lowest BCUT2D eigenvalue weighted by atomic mass is 10.2. The maximum atomic E-state index is 13.1. The number of thiazole rings is 1. The van der Waals surface area contributed by atoms with Gasteiger partial charge in [-0.05, 0) is 60.9 Å². The fraction of sp³-hybridized carbons (Fsp3) is 0.217. The Morgan fingerprint density at radius 3 is 2.59 bits per heavy atom. The molecule has 0 atom stereocenters. The molecule has 0 saturated heterocycles. The van der Waals surface area contributed by atoms with Gasteiger partial charge in [-0.2, -0.15) is 0 Å². The second-order valence-electron chi connectivity index (χ2n) is 6.96. The van der Waals surface area contributed by atoms with Crippen LogP contribution in [0.3, 0.4) is 0 Å². The Kier molecular flexibility index (Phi) is 5.71. The molecule has 1 aliphatic rings. The van der Waals surface area contributed by atoms with Gasteiger partial charge in [0.2, 0.25) is 5.91 Å². The fourth-order valence-electron chi connectivity index (χ4n) is 3.04. The van der Waals surface area contributed by atoms with Gasteiger partial charge in [-0.1, -0.05) is 12.1 Å². The molecular weight excluding hydrogens is 387 g/mol. The van der Waals surface area contributed by atoms with Crippen LogP contribution in [0.5, 0.6) is 5.75 Å². The van der Waals surface area contributed by atoms with Crippen molar-refractivity contribution in [1.29, 1.82) is 0 Å². The lowest BCUT2D eigenvalue weighted by Crippen LogP contribution is -2.31. The van der Waals surface area contributed by atoms with E-state index in [1.165, 1.54) is 23.5 Å². The van der Waals surface area contributed by atoms with Gasteiger partial charge in [-0.15, -0.1) is 11.3 Å². The predicted molar refractivity (Wildman–Crippen MR) is 113 cm³/mol. The highest BCUT2D eigenvalue weighted by molar-refractivity contribution is 7.13. The minimum Gasteiger partial charge on any atom is -0.497 e. The highest BCUT2D eigenvalue weighted by Crippen LogP contribution is 2.29. The highest BCUT2D eigenvalue weighted by Gasteiger charge is 2.31. The number of amides is 1. The summed E-state index contributed by atoms with van der Waals surface area (Å²) in [4.78, 5) is 19.2. The second-order valence-corrected chi connectivity index (χ2v) is 7.82. The van der Waals surface area contributed by atoms with E-state index in [2.05, 4.69) is 4.98 Å². The van der Waals surface area contributed by atoms with Crippen molar-refractivity contribution >= 4 is 23.3 Å². The van der Waals surface area contributed by atoms with Crippen LogP contribution in [0.2, 0.25) is 0 Å². The van der Waals surface area contributed by atoms with Crippen LogP contribution in [-0.2, 0) is 11.3 Å². The molecule has 0 unspecified atom stereocenters. The average Bonchev–Trinajstić information content (AvgIpc) is 3.48. The Balaban J connectivity index is 1.43. The zero-order valence-corrected chi connectivity index (χ0v) is 16.9. The summed E-state index contributed by atoms with van der Waals surface area (Å²) in [6, 6.07) is 14.3. The minimum absolute atomic E-state index is 0.0142. The van der Waals surface area contributed by atoms with Gasteiger partial charge in [0, 0.05) is 29.6 Å². The number of benzene rings is 2. The van der Waals surface area contributed by atoms with Crippen molar-refractivity contribution in [3.8, 4) is 16.3 Å². The van der Waals surface area contributed by atoms with Gasteiger partial charge in [0.25, 0.3) is 0 Å². The zero-order valence-electron chi connectivity index (χ0n) is 16.0. The molecule has 29 heavy (non-hydrogen) atoms. The van der Waals surface area contributed by atoms with E-state index >= 15 is 0 Å². The van der Waals surface area contributed by atoms with Gasteiger partial charge in [0.1, 0.15) is 16.6 Å². The SMILES string of the molecule is COc1ccc(CN(C(=O)/C=C/c2csc(-c3ccc(F)cc3)n2)C2CC2)cc1. The van der Waals surface area contributed by atoms with E-state index in [9.17, 15) is 9.18 Å². The number of halogens is 1. The largest absolute Gasteiger partial charge is 0.497 e. The zero-order chi connectivity index (χ0) is 20.2. The van der Waals surface area contributed by atoms with Crippen molar-refractivity contribution in [1.82, 2.24) is 9.88 Å². The number of methoxy groups -OCH3 is 1. The van der Waals surface area contributed by atoms with Gasteiger partial charge < -0.3 is 9.64 Å². The molecule has 3 aromatic rings. The summed E-state index contributed by atoms with van der Waals surface area (Å²) >= 11 is 1.47. The number of rotatable bonds is 7. The van der Waals surface area contributed by atoms with Crippen molar-refractivity contribution < 1.29 is 13.9 Å². The molecule has 1 saturated carbocycles. The smallest absolute Gasteiger partial charge is 0.247 e. The van der Waals surface area contributed by atoms with Crippen LogP contribution in [0.4, 0.5) is 4.39 Å². The molecule has 1 amide bonds. The summed E-state index contributed by atoms with van der Waals surface area (Å²) in [5.41, 5.74) is 2.66. The molecule has 4 nitrogen and oxygen atoms in total. The third-order valence-corrected chi connectivity index (χ3v) is 5.70. The van der Waals surface area contributed by atoms with Gasteiger partial charge in [-0.3, -0.25) is 4.79 Å². The third-order valence-electron chi connectivity index (χ3n) is 4.79. The first-order valence-corrected chi connectivity index (χ1v) is 10.3. The van der Waals surface area contributed by atoms with E-state index in [1.807, 2.05) is 34.5 Å². The number of hydrogen-bond donors (Lipinski definition) is 0. The van der Waals surface area contributed by atoms with E-state index in [1.54, 1.807) is 31.4 Å². The van der Waals surface area contributed by atoms with Crippen LogP contribution in [-0.4, -0.2) is 28.9 Å². The lowest BCUT2D eigenvalue weighted by molar-refractivity contribution is -0.127. The molecule has 0 radical (unpaired) electrons. The van der Waals surface area contributed by atoms with E-state index in [0.29, 0.717) is 12.6 Å². The molecule has 1 aromatic heterocycles. The molecule has 6 heteroatoms. The number of carbonyl (C=O) groups is 1. The summed E-state index contributed by atoms with van der Waals surface area (Å²) in [6.45, 7) is 0.579. The molecule has 0 N–H and O–H groups in total. The molecule has 148 valence electrons. The molecule has 2 aromatic carbocycles. The van der Waals surface area contributed by atoms with Crippen LogP contribution in [0.1, 0.15) is 24.1 Å². The first kappa shape index (κ1) is 19.3. The summed E-state index contributed by atoms with van der Waals surface area (Å²) in [6.07, 6.45) is 5.42. The predicted octanol–water partition coefficient (Wildman–Crippen LogP) is 5.16. The van der Waals surface area contributed by atoms with Gasteiger partial charge >= 0.3 is 0 Å². The highest BCUT2D eigenvalue weighted by atomic mass is 32.1. The quantitative estimate of drug-likeness (QED) is 0.507. The lowest BCUT2D eigenvalue weighted by Gasteiger charge is -2.21. The van der Waals surface area contributed by atoms with E-state index in [-0.39, 0.29) is 11.7 Å². The summed E-state index contributed by atoms with van der Waals surface area (Å²) < 4.78 is 18.3. The van der Waals surface area contributed by atoms with Crippen molar-refractivity contribution in [3.63, 3.8) is 0 Å². The van der Waals surface area contributed by atoms with Crippen LogP contribution >= 0.6 is 11.3 Å². The molecule has 4 rings (SSSR count). The van der Waals surface area contributed by atoms with Crippen LogP contribution in [0, 0.1) is 5.82 Å². The summed E-state index contributed by atoms with van der Waals surface area (Å²) in [5.74, 6) is 0.520. The number of ether oxygens (including phenoxy) is 1. The maximum absolute atomic E-state index is 13.1. The van der Waals surface area contributed by atoms with Crippen molar-refractivity contribution in [2.24, 2.45) is 0 Å². The van der Waals surface area contributed by atoms with Gasteiger partial charge in [0.05, 0.1) is 12.8 Å². The van der Waals surface area contributed by atoms with Crippen LogP contribution < -0.4 is 4.74 Å². The summed E-state index contributed by atoms with van der Waals surface area (Å²) in [5, 5.41) is 2.70. The number of hydrogen-bond acceptors (Lipinski definition) is 4. The van der Waals surface area contributed by atoms with Crippen molar-refractivity contribution in [3.05, 3.63) is 77.1 Å². The van der Waals surface area contributed by atoms with Crippen LogP contribution in [0.25, 0.3) is 16.6 Å². The van der Waals surface area contributed by atoms with E-state index < -0.39 is 0 Å². The Morgan fingerprint density at radius 2 is 1.93 bits per heavy atom. The van der Waals surface area contributed by atoms with E-state index in [4.69, 9.17) is 4.74 Å². The topological polar surface area (TPSA) is 42.4 Å². The monoisotopic (exact) mass is 408 g/mol. The number of carbonyl (C=O) groups excluding carboxylic acids is 1. The standard InChI is InChI=1S/C23H21FN2O2S/c1-28-21-11-2-16(3-12-21)14-26(20-9-10-20)22(27)13-8-19-15-29-23(25-19)17-4-6-18(24)7-5-17/h2-8,11-13,15,20H,9-10,14H2,1H3/b13-8+. The first-order chi connectivity index (χ1) is 14.1. The molecule has 1 heterocycles. The Bertz CT molecular complexity index is 1010. The van der Waals surface area contributed by atoms with Crippen LogP contribution in [0.15, 0.2) is 60.0 Å². The number of aromatic nitrogens is 1. The first-order valence-electron chi connectivity index (χ1n) is 9.45. The Morgan fingerprint density at radius 1 is 1.21 bits per heavy atom. The van der Waals surface area contributed by atoms with E-state index in [0.717, 1.165) is 40.4 Å². The molecule has 0 aliphatic heterocycles. The van der Waals surface area contributed by atoms with Gasteiger partial charge in [0.15, 0.2) is 0 Å². The minimum atomic E-state index is -0.270. The molecule has 0 bridgehead atoms. The average molecular weight is 408 g/mol. The molecule has 1 aliphatic carbocycles. The maximum Gasteiger partial charge on any atom is 0.247 e. The van der Waals surface area contributed by atoms with Crippen molar-refractivity contribution in [2.45, 2.75) is 25.4 Å². The fourth-order valence-corrected chi connectivity index (χ4v) is 3.83. The summed E-state index contributed by atoms with van der Waals surface area (Å²) in [7, 11) is 1.64. The van der Waals surface area contributed by atoms with Gasteiger partial charge in [-0.25, -0.2) is 9.37 Å². The second kappa shape index (κ2) is 8.57. The Hall–Kier alpha value is -2.99.